The molecule has 0 aliphatic rings. The van der Waals surface area contributed by atoms with Crippen LogP contribution in [0, 0.1) is 10.1 Å². The van der Waals surface area contributed by atoms with Crippen LogP contribution in [0.2, 0.25) is 0 Å². The number of hydrogen-bond acceptors (Lipinski definition) is 5. The standard InChI is InChI=1S/C18H18N2O4/c1-12(19-11-13-5-3-7-15(9-13)20(21)22)17-10-14-6-4-8-16(23-2)18(14)24-17/h3-10,12,19H,11H2,1-2H3. The predicted molar refractivity (Wildman–Crippen MR) is 91.1 cm³/mol. The smallest absolute Gasteiger partial charge is 0.269 e. The fourth-order valence-electron chi connectivity index (χ4n) is 2.58. The van der Waals surface area contributed by atoms with Gasteiger partial charge >= 0.3 is 0 Å². The van der Waals surface area contributed by atoms with Crippen molar-refractivity contribution in [2.24, 2.45) is 0 Å². The maximum absolute atomic E-state index is 10.8. The monoisotopic (exact) mass is 326 g/mol. The van der Waals surface area contributed by atoms with Crippen molar-refractivity contribution >= 4 is 16.7 Å². The molecule has 1 heterocycles. The van der Waals surface area contributed by atoms with Crippen molar-refractivity contribution in [3.63, 3.8) is 0 Å². The average molecular weight is 326 g/mol. The lowest BCUT2D eigenvalue weighted by Crippen LogP contribution is -2.17. The molecule has 0 spiro atoms. The van der Waals surface area contributed by atoms with Gasteiger partial charge in [-0.15, -0.1) is 0 Å². The second-order valence-electron chi connectivity index (χ2n) is 5.56. The SMILES string of the molecule is COc1cccc2cc(C(C)NCc3cccc([N+](=O)[O-])c3)oc12. The lowest BCUT2D eigenvalue weighted by Gasteiger charge is -2.11. The molecule has 3 rings (SSSR count). The summed E-state index contributed by atoms with van der Waals surface area (Å²) in [6.45, 7) is 2.50. The highest BCUT2D eigenvalue weighted by atomic mass is 16.6. The highest BCUT2D eigenvalue weighted by molar-refractivity contribution is 5.83. The Morgan fingerprint density at radius 3 is 2.79 bits per heavy atom. The van der Waals surface area contributed by atoms with E-state index in [0.29, 0.717) is 12.3 Å². The second-order valence-corrected chi connectivity index (χ2v) is 5.56. The third kappa shape index (κ3) is 3.23. The molecule has 24 heavy (non-hydrogen) atoms. The van der Waals surface area contributed by atoms with Gasteiger partial charge in [0.05, 0.1) is 18.1 Å². The van der Waals surface area contributed by atoms with Crippen LogP contribution in [-0.4, -0.2) is 12.0 Å². The van der Waals surface area contributed by atoms with Gasteiger partial charge in [-0.25, -0.2) is 0 Å². The van der Waals surface area contributed by atoms with Crippen molar-refractivity contribution in [2.75, 3.05) is 7.11 Å². The van der Waals surface area contributed by atoms with Crippen LogP contribution in [0.3, 0.4) is 0 Å². The fraction of sp³-hybridized carbons (Fsp3) is 0.222. The van der Waals surface area contributed by atoms with E-state index in [1.165, 1.54) is 6.07 Å². The highest BCUT2D eigenvalue weighted by Gasteiger charge is 2.14. The Morgan fingerprint density at radius 2 is 2.04 bits per heavy atom. The summed E-state index contributed by atoms with van der Waals surface area (Å²) in [6.07, 6.45) is 0. The van der Waals surface area contributed by atoms with Gasteiger partial charge in [0, 0.05) is 24.1 Å². The van der Waals surface area contributed by atoms with Crippen LogP contribution >= 0.6 is 0 Å². The zero-order chi connectivity index (χ0) is 17.1. The summed E-state index contributed by atoms with van der Waals surface area (Å²) in [6, 6.07) is 14.3. The van der Waals surface area contributed by atoms with Crippen molar-refractivity contribution in [3.8, 4) is 5.75 Å². The number of nitro benzene ring substituents is 1. The van der Waals surface area contributed by atoms with Gasteiger partial charge in [0.1, 0.15) is 5.76 Å². The van der Waals surface area contributed by atoms with Crippen molar-refractivity contribution < 1.29 is 14.1 Å². The molecule has 0 aliphatic carbocycles. The van der Waals surface area contributed by atoms with Crippen molar-refractivity contribution in [2.45, 2.75) is 19.5 Å². The van der Waals surface area contributed by atoms with Crippen molar-refractivity contribution in [1.29, 1.82) is 0 Å². The van der Waals surface area contributed by atoms with E-state index in [4.69, 9.17) is 9.15 Å². The first-order valence-corrected chi connectivity index (χ1v) is 7.61. The normalized spacial score (nSPS) is 12.2. The first-order valence-electron chi connectivity index (χ1n) is 7.61. The molecule has 6 heteroatoms. The van der Waals surface area contributed by atoms with E-state index >= 15 is 0 Å². The van der Waals surface area contributed by atoms with E-state index in [9.17, 15) is 10.1 Å². The van der Waals surface area contributed by atoms with Crippen LogP contribution in [0.15, 0.2) is 52.9 Å². The van der Waals surface area contributed by atoms with Crippen LogP contribution < -0.4 is 10.1 Å². The molecular formula is C18H18N2O4. The molecule has 0 saturated carbocycles. The lowest BCUT2D eigenvalue weighted by molar-refractivity contribution is -0.384. The Morgan fingerprint density at radius 1 is 1.25 bits per heavy atom. The third-order valence-corrected chi connectivity index (χ3v) is 3.91. The molecule has 2 aromatic carbocycles. The van der Waals surface area contributed by atoms with Gasteiger partial charge in [-0.1, -0.05) is 24.3 Å². The van der Waals surface area contributed by atoms with Crippen LogP contribution in [0.1, 0.15) is 24.3 Å². The van der Waals surface area contributed by atoms with Crippen LogP contribution in [-0.2, 0) is 6.54 Å². The summed E-state index contributed by atoms with van der Waals surface area (Å²) in [5.74, 6) is 1.49. The molecule has 1 N–H and O–H groups in total. The van der Waals surface area contributed by atoms with Gasteiger partial charge in [0.2, 0.25) is 0 Å². The number of benzene rings is 2. The van der Waals surface area contributed by atoms with Gasteiger partial charge in [0.25, 0.3) is 5.69 Å². The number of para-hydroxylation sites is 1. The zero-order valence-corrected chi connectivity index (χ0v) is 13.5. The number of nitro groups is 1. The minimum absolute atomic E-state index is 0.0404. The van der Waals surface area contributed by atoms with E-state index in [1.54, 1.807) is 19.2 Å². The van der Waals surface area contributed by atoms with Gasteiger partial charge in [0.15, 0.2) is 11.3 Å². The van der Waals surface area contributed by atoms with Crippen LogP contribution in [0.4, 0.5) is 5.69 Å². The van der Waals surface area contributed by atoms with Crippen molar-refractivity contribution in [1.82, 2.24) is 5.32 Å². The highest BCUT2D eigenvalue weighted by Crippen LogP contribution is 2.31. The van der Waals surface area contributed by atoms with Gasteiger partial charge in [-0.05, 0) is 24.6 Å². The molecule has 0 amide bonds. The summed E-state index contributed by atoms with van der Waals surface area (Å²) >= 11 is 0. The molecule has 1 unspecified atom stereocenters. The molecule has 0 aliphatic heterocycles. The number of rotatable bonds is 6. The second kappa shape index (κ2) is 6.72. The maximum Gasteiger partial charge on any atom is 0.269 e. The topological polar surface area (TPSA) is 77.5 Å². The molecule has 1 aromatic heterocycles. The number of hydrogen-bond donors (Lipinski definition) is 1. The third-order valence-electron chi connectivity index (χ3n) is 3.91. The largest absolute Gasteiger partial charge is 0.493 e. The van der Waals surface area contributed by atoms with Gasteiger partial charge in [-0.2, -0.15) is 0 Å². The molecular weight excluding hydrogens is 308 g/mol. The first kappa shape index (κ1) is 16.0. The quantitative estimate of drug-likeness (QED) is 0.542. The number of non-ortho nitro benzene ring substituents is 1. The van der Waals surface area contributed by atoms with Crippen molar-refractivity contribution in [3.05, 3.63) is 70.0 Å². The van der Waals surface area contributed by atoms with Gasteiger partial charge in [-0.3, -0.25) is 10.1 Å². The number of methoxy groups -OCH3 is 1. The van der Waals surface area contributed by atoms with Crippen LogP contribution in [0.5, 0.6) is 5.75 Å². The number of nitrogens with one attached hydrogen (secondary N) is 1. The minimum Gasteiger partial charge on any atom is -0.493 e. The summed E-state index contributed by atoms with van der Waals surface area (Å²) in [7, 11) is 1.61. The van der Waals surface area contributed by atoms with E-state index in [-0.39, 0.29) is 11.7 Å². The Bertz CT molecular complexity index is 872. The van der Waals surface area contributed by atoms with Crippen LogP contribution in [0.25, 0.3) is 11.0 Å². The molecule has 1 atom stereocenters. The number of nitrogens with zero attached hydrogens (tertiary/aromatic N) is 1. The molecule has 0 saturated heterocycles. The first-order chi connectivity index (χ1) is 11.6. The van der Waals surface area contributed by atoms with E-state index in [0.717, 1.165) is 22.3 Å². The Hall–Kier alpha value is -2.86. The molecule has 3 aromatic rings. The number of ether oxygens (including phenoxy) is 1. The average Bonchev–Trinajstić information content (AvgIpc) is 3.04. The van der Waals surface area contributed by atoms with E-state index in [2.05, 4.69) is 5.32 Å². The number of fused-ring (bicyclic) bond motifs is 1. The van der Waals surface area contributed by atoms with E-state index < -0.39 is 4.92 Å². The van der Waals surface area contributed by atoms with Gasteiger partial charge < -0.3 is 14.5 Å². The summed E-state index contributed by atoms with van der Waals surface area (Å²) in [4.78, 5) is 10.4. The molecule has 124 valence electrons. The molecule has 0 radical (unpaired) electrons. The molecule has 6 nitrogen and oxygen atoms in total. The molecule has 0 bridgehead atoms. The maximum atomic E-state index is 10.8. The minimum atomic E-state index is -0.390. The zero-order valence-electron chi connectivity index (χ0n) is 13.5. The molecule has 0 fully saturated rings. The summed E-state index contributed by atoms with van der Waals surface area (Å²) in [5, 5.41) is 15.1. The fourth-order valence-corrected chi connectivity index (χ4v) is 2.58. The van der Waals surface area contributed by atoms with E-state index in [1.807, 2.05) is 37.3 Å². The Kier molecular flexibility index (Phi) is 4.48. The predicted octanol–water partition coefficient (Wildman–Crippen LogP) is 4.20. The Balaban J connectivity index is 1.74. The Labute approximate surface area is 139 Å². The summed E-state index contributed by atoms with van der Waals surface area (Å²) < 4.78 is 11.2. The number of furan rings is 1. The lowest BCUT2D eigenvalue weighted by atomic mass is 10.1. The summed E-state index contributed by atoms with van der Waals surface area (Å²) in [5.41, 5.74) is 1.67.